The van der Waals surface area contributed by atoms with Crippen LogP contribution in [0.4, 0.5) is 0 Å². The fraction of sp³-hybridized carbons (Fsp3) is 0.765. The Kier molecular flexibility index (Phi) is 5.02. The molecule has 2 aliphatic heterocycles. The zero-order valence-corrected chi connectivity index (χ0v) is 14.0. The number of rotatable bonds is 5. The molecule has 128 valence electrons. The normalized spacial score (nSPS) is 22.0. The predicted octanol–water partition coefficient (Wildman–Crippen LogP) is 1.57. The molecule has 0 aromatic carbocycles. The first-order valence-corrected chi connectivity index (χ1v) is 8.63. The van der Waals surface area contributed by atoms with Crippen LogP contribution in [0.15, 0.2) is 10.6 Å². The van der Waals surface area contributed by atoms with Gasteiger partial charge >= 0.3 is 0 Å². The van der Waals surface area contributed by atoms with E-state index in [0.717, 1.165) is 56.9 Å². The van der Waals surface area contributed by atoms with Gasteiger partial charge in [-0.15, -0.1) is 0 Å². The Morgan fingerprint density at radius 3 is 2.78 bits per heavy atom. The maximum atomic E-state index is 12.0. The van der Waals surface area contributed by atoms with Crippen LogP contribution in [0.2, 0.25) is 0 Å². The quantitative estimate of drug-likeness (QED) is 0.891. The van der Waals surface area contributed by atoms with Crippen molar-refractivity contribution in [2.45, 2.75) is 45.6 Å². The first-order chi connectivity index (χ1) is 11.1. The van der Waals surface area contributed by atoms with Crippen molar-refractivity contribution in [2.75, 3.05) is 32.8 Å². The van der Waals surface area contributed by atoms with Gasteiger partial charge in [-0.1, -0.05) is 5.16 Å². The molecule has 0 saturated carbocycles. The molecule has 23 heavy (non-hydrogen) atoms. The van der Waals surface area contributed by atoms with Gasteiger partial charge in [0.2, 0.25) is 5.91 Å². The molecule has 6 heteroatoms. The zero-order valence-electron chi connectivity index (χ0n) is 14.0. The standard InChI is InChI=1S/C17H27N3O3/c1-14-11-15(23-18-14)12-19-8-5-17(6-9-19)4-3-16(22)20(13-17)7-2-10-21/h11,21H,2-10,12-13H2,1H3. The number of carbonyl (C=O) groups excluding carboxylic acids is 1. The first kappa shape index (κ1) is 16.5. The van der Waals surface area contributed by atoms with Gasteiger partial charge in [-0.2, -0.15) is 0 Å². The molecule has 3 heterocycles. The van der Waals surface area contributed by atoms with E-state index in [1.165, 1.54) is 0 Å². The second-order valence-corrected chi connectivity index (χ2v) is 7.10. The monoisotopic (exact) mass is 321 g/mol. The highest BCUT2D eigenvalue weighted by molar-refractivity contribution is 5.77. The van der Waals surface area contributed by atoms with Crippen molar-refractivity contribution >= 4 is 5.91 Å². The van der Waals surface area contributed by atoms with Gasteiger partial charge in [-0.3, -0.25) is 9.69 Å². The lowest BCUT2D eigenvalue weighted by molar-refractivity contribution is -0.139. The lowest BCUT2D eigenvalue weighted by atomic mass is 9.72. The highest BCUT2D eigenvalue weighted by Gasteiger charge is 2.40. The molecule has 2 saturated heterocycles. The van der Waals surface area contributed by atoms with E-state index in [9.17, 15) is 4.79 Å². The molecule has 6 nitrogen and oxygen atoms in total. The van der Waals surface area contributed by atoms with Crippen LogP contribution in [0.5, 0.6) is 0 Å². The van der Waals surface area contributed by atoms with Crippen LogP contribution in [0.25, 0.3) is 0 Å². The molecule has 1 amide bonds. The van der Waals surface area contributed by atoms with Gasteiger partial charge < -0.3 is 14.5 Å². The molecule has 0 radical (unpaired) electrons. The maximum absolute atomic E-state index is 12.0. The number of aromatic nitrogens is 1. The summed E-state index contributed by atoms with van der Waals surface area (Å²) in [5.41, 5.74) is 1.20. The van der Waals surface area contributed by atoms with Crippen molar-refractivity contribution in [3.05, 3.63) is 17.5 Å². The minimum Gasteiger partial charge on any atom is -0.396 e. The van der Waals surface area contributed by atoms with Gasteiger partial charge in [0.25, 0.3) is 0 Å². The Morgan fingerprint density at radius 1 is 1.35 bits per heavy atom. The van der Waals surface area contributed by atoms with Crippen molar-refractivity contribution in [1.82, 2.24) is 15.0 Å². The Labute approximate surface area is 137 Å². The van der Waals surface area contributed by atoms with Crippen molar-refractivity contribution in [2.24, 2.45) is 5.41 Å². The van der Waals surface area contributed by atoms with Gasteiger partial charge in [-0.05, 0) is 51.1 Å². The van der Waals surface area contributed by atoms with E-state index >= 15 is 0 Å². The Morgan fingerprint density at radius 2 is 2.13 bits per heavy atom. The number of hydrogen-bond donors (Lipinski definition) is 1. The summed E-state index contributed by atoms with van der Waals surface area (Å²) < 4.78 is 5.31. The lowest BCUT2D eigenvalue weighted by Gasteiger charge is -2.47. The van der Waals surface area contributed by atoms with Gasteiger partial charge in [0.1, 0.15) is 0 Å². The van der Waals surface area contributed by atoms with Crippen molar-refractivity contribution < 1.29 is 14.4 Å². The van der Waals surface area contributed by atoms with Gasteiger partial charge in [-0.25, -0.2) is 0 Å². The van der Waals surface area contributed by atoms with Crippen molar-refractivity contribution in [1.29, 1.82) is 0 Å². The number of aliphatic hydroxyl groups excluding tert-OH is 1. The van der Waals surface area contributed by atoms with Gasteiger partial charge in [0.05, 0.1) is 12.2 Å². The second kappa shape index (κ2) is 7.01. The fourth-order valence-electron chi connectivity index (χ4n) is 3.87. The number of carbonyl (C=O) groups is 1. The van der Waals surface area contributed by atoms with E-state index in [2.05, 4.69) is 10.1 Å². The molecule has 2 fully saturated rings. The van der Waals surface area contributed by atoms with Crippen LogP contribution >= 0.6 is 0 Å². The largest absolute Gasteiger partial charge is 0.396 e. The Bertz CT molecular complexity index is 535. The van der Waals surface area contributed by atoms with Crippen LogP contribution < -0.4 is 0 Å². The van der Waals surface area contributed by atoms with Crippen LogP contribution in [0, 0.1) is 12.3 Å². The minimum absolute atomic E-state index is 0.154. The highest BCUT2D eigenvalue weighted by Crippen LogP contribution is 2.40. The molecular formula is C17H27N3O3. The minimum atomic E-state index is 0.154. The molecule has 1 N–H and O–H groups in total. The number of piperidine rings is 2. The molecule has 3 rings (SSSR count). The third-order valence-electron chi connectivity index (χ3n) is 5.31. The molecular weight excluding hydrogens is 294 g/mol. The third-order valence-corrected chi connectivity index (χ3v) is 5.31. The van der Waals surface area contributed by atoms with Crippen LogP contribution in [-0.2, 0) is 11.3 Å². The van der Waals surface area contributed by atoms with E-state index < -0.39 is 0 Å². The summed E-state index contributed by atoms with van der Waals surface area (Å²) in [4.78, 5) is 16.4. The lowest BCUT2D eigenvalue weighted by Crippen LogP contribution is -2.51. The molecule has 0 atom stereocenters. The molecule has 1 aromatic rings. The van der Waals surface area contributed by atoms with Crippen molar-refractivity contribution in [3.63, 3.8) is 0 Å². The van der Waals surface area contributed by atoms with Crippen LogP contribution in [-0.4, -0.2) is 58.8 Å². The number of aryl methyl sites for hydroxylation is 1. The first-order valence-electron chi connectivity index (χ1n) is 8.63. The molecule has 0 aliphatic carbocycles. The summed E-state index contributed by atoms with van der Waals surface area (Å²) >= 11 is 0. The Hall–Kier alpha value is -1.40. The average Bonchev–Trinajstić information content (AvgIpc) is 2.96. The Balaban J connectivity index is 1.53. The SMILES string of the molecule is Cc1cc(CN2CCC3(CCC(=O)N(CCCO)C3)CC2)on1. The highest BCUT2D eigenvalue weighted by atomic mass is 16.5. The van der Waals surface area contributed by atoms with Crippen LogP contribution in [0.1, 0.15) is 43.6 Å². The summed E-state index contributed by atoms with van der Waals surface area (Å²) in [7, 11) is 0. The van der Waals surface area contributed by atoms with E-state index in [-0.39, 0.29) is 17.9 Å². The topological polar surface area (TPSA) is 69.8 Å². The zero-order chi connectivity index (χ0) is 16.3. The number of amides is 1. The summed E-state index contributed by atoms with van der Waals surface area (Å²) in [6, 6.07) is 2.00. The van der Waals surface area contributed by atoms with E-state index in [4.69, 9.17) is 9.63 Å². The molecule has 0 bridgehead atoms. The average molecular weight is 321 g/mol. The molecule has 1 aromatic heterocycles. The summed E-state index contributed by atoms with van der Waals surface area (Å²) in [6.45, 7) is 6.56. The molecule has 1 spiro atoms. The number of hydrogen-bond acceptors (Lipinski definition) is 5. The van der Waals surface area contributed by atoms with E-state index in [0.29, 0.717) is 19.4 Å². The molecule has 0 unspecified atom stereocenters. The molecule has 2 aliphatic rings. The van der Waals surface area contributed by atoms with Gasteiger partial charge in [0.15, 0.2) is 5.76 Å². The summed E-state index contributed by atoms with van der Waals surface area (Å²) in [6.07, 6.45) is 4.61. The third kappa shape index (κ3) is 3.93. The smallest absolute Gasteiger partial charge is 0.222 e. The maximum Gasteiger partial charge on any atom is 0.222 e. The number of aliphatic hydroxyl groups is 1. The second-order valence-electron chi connectivity index (χ2n) is 7.10. The number of nitrogens with zero attached hydrogens (tertiary/aromatic N) is 3. The van der Waals surface area contributed by atoms with Gasteiger partial charge in [0, 0.05) is 32.2 Å². The fourth-order valence-corrected chi connectivity index (χ4v) is 3.87. The number of likely N-dealkylation sites (tertiary alicyclic amines) is 2. The van der Waals surface area contributed by atoms with E-state index in [1.54, 1.807) is 0 Å². The van der Waals surface area contributed by atoms with Crippen LogP contribution in [0.3, 0.4) is 0 Å². The van der Waals surface area contributed by atoms with Crippen molar-refractivity contribution in [3.8, 4) is 0 Å². The predicted molar refractivity (Wildman–Crippen MR) is 85.7 cm³/mol. The van der Waals surface area contributed by atoms with E-state index in [1.807, 2.05) is 17.9 Å². The summed E-state index contributed by atoms with van der Waals surface area (Å²) in [5, 5.41) is 12.9. The summed E-state index contributed by atoms with van der Waals surface area (Å²) in [5.74, 6) is 1.19.